The largest absolute Gasteiger partial charge is 0.497 e. The fourth-order valence-corrected chi connectivity index (χ4v) is 2.45. The van der Waals surface area contributed by atoms with Gasteiger partial charge < -0.3 is 19.7 Å². The number of hydrogen-bond acceptors (Lipinski definition) is 4. The molecule has 0 aliphatic rings. The summed E-state index contributed by atoms with van der Waals surface area (Å²) in [6.45, 7) is 3.50. The normalized spacial score (nSPS) is 15.1. The summed E-state index contributed by atoms with van der Waals surface area (Å²) in [7, 11) is 3.01. The summed E-state index contributed by atoms with van der Waals surface area (Å²) in [6.07, 6.45) is 2.01. The molecule has 0 fully saturated rings. The lowest BCUT2D eigenvalue weighted by atomic mass is 9.79. The van der Waals surface area contributed by atoms with Crippen molar-refractivity contribution in [3.63, 3.8) is 0 Å². The van der Waals surface area contributed by atoms with Crippen LogP contribution in [0.4, 0.5) is 0 Å². The SMILES string of the molecule is CCCCC(C(=O)O)C(C)(O)c1cc(OC)ccc1OC. The van der Waals surface area contributed by atoms with Crippen molar-refractivity contribution in [2.45, 2.75) is 38.7 Å². The number of aliphatic hydroxyl groups is 1. The van der Waals surface area contributed by atoms with Crippen LogP contribution in [-0.2, 0) is 10.4 Å². The third-order valence-corrected chi connectivity index (χ3v) is 3.77. The first kappa shape index (κ1) is 17.3. The molecule has 0 heterocycles. The van der Waals surface area contributed by atoms with Crippen molar-refractivity contribution in [3.8, 4) is 11.5 Å². The zero-order chi connectivity index (χ0) is 16.0. The molecule has 0 spiro atoms. The molecule has 0 amide bonds. The minimum atomic E-state index is -1.54. The number of aliphatic carboxylic acids is 1. The molecule has 2 unspecified atom stereocenters. The Bertz CT molecular complexity index is 482. The lowest BCUT2D eigenvalue weighted by Gasteiger charge is -2.32. The van der Waals surface area contributed by atoms with Gasteiger partial charge in [0.2, 0.25) is 0 Å². The number of benzene rings is 1. The molecule has 2 atom stereocenters. The fourth-order valence-electron chi connectivity index (χ4n) is 2.45. The van der Waals surface area contributed by atoms with Crippen LogP contribution in [0.25, 0.3) is 0 Å². The second-order valence-corrected chi connectivity index (χ2v) is 5.25. The number of unbranched alkanes of at least 4 members (excludes halogenated alkanes) is 1. The highest BCUT2D eigenvalue weighted by atomic mass is 16.5. The molecule has 118 valence electrons. The van der Waals surface area contributed by atoms with Crippen LogP contribution in [0.3, 0.4) is 0 Å². The van der Waals surface area contributed by atoms with E-state index in [9.17, 15) is 15.0 Å². The van der Waals surface area contributed by atoms with Crippen LogP contribution < -0.4 is 9.47 Å². The van der Waals surface area contributed by atoms with Gasteiger partial charge in [0.05, 0.1) is 20.1 Å². The standard InChI is InChI=1S/C16H24O5/c1-5-6-7-12(15(17)18)16(2,19)13-10-11(20-3)8-9-14(13)21-4/h8-10,12,19H,5-7H2,1-4H3,(H,17,18). The molecule has 0 radical (unpaired) electrons. The maximum atomic E-state index is 11.5. The molecule has 21 heavy (non-hydrogen) atoms. The first-order valence-electron chi connectivity index (χ1n) is 7.06. The number of carboxylic acids is 1. The van der Waals surface area contributed by atoms with E-state index in [1.54, 1.807) is 18.2 Å². The van der Waals surface area contributed by atoms with Crippen molar-refractivity contribution in [1.29, 1.82) is 0 Å². The summed E-state index contributed by atoms with van der Waals surface area (Å²) in [6, 6.07) is 5.00. The summed E-state index contributed by atoms with van der Waals surface area (Å²) in [5.74, 6) is -0.925. The minimum Gasteiger partial charge on any atom is -0.497 e. The van der Waals surface area contributed by atoms with Crippen LogP contribution in [0.1, 0.15) is 38.7 Å². The first-order chi connectivity index (χ1) is 9.88. The van der Waals surface area contributed by atoms with Crippen LogP contribution in [-0.4, -0.2) is 30.4 Å². The Labute approximate surface area is 125 Å². The van der Waals surface area contributed by atoms with Gasteiger partial charge >= 0.3 is 5.97 Å². The second-order valence-electron chi connectivity index (χ2n) is 5.25. The zero-order valence-corrected chi connectivity index (χ0v) is 13.0. The van der Waals surface area contributed by atoms with Crippen molar-refractivity contribution in [2.24, 2.45) is 5.92 Å². The van der Waals surface area contributed by atoms with E-state index in [1.807, 2.05) is 6.92 Å². The molecule has 0 aliphatic heterocycles. The van der Waals surface area contributed by atoms with Crippen molar-refractivity contribution >= 4 is 5.97 Å². The van der Waals surface area contributed by atoms with Gasteiger partial charge in [-0.05, 0) is 31.5 Å². The van der Waals surface area contributed by atoms with E-state index in [4.69, 9.17) is 9.47 Å². The molecule has 0 saturated heterocycles. The Hall–Kier alpha value is -1.75. The molecule has 1 aromatic carbocycles. The van der Waals surface area contributed by atoms with Crippen molar-refractivity contribution < 1.29 is 24.5 Å². The van der Waals surface area contributed by atoms with Gasteiger partial charge in [-0.3, -0.25) is 4.79 Å². The van der Waals surface area contributed by atoms with E-state index in [0.717, 1.165) is 12.8 Å². The lowest BCUT2D eigenvalue weighted by molar-refractivity contribution is -0.152. The van der Waals surface area contributed by atoms with E-state index < -0.39 is 17.5 Å². The Balaban J connectivity index is 3.27. The zero-order valence-electron chi connectivity index (χ0n) is 13.0. The van der Waals surface area contributed by atoms with Gasteiger partial charge in [0.25, 0.3) is 0 Å². The molecular formula is C16H24O5. The summed E-state index contributed by atoms with van der Waals surface area (Å²) in [4.78, 5) is 11.5. The first-order valence-corrected chi connectivity index (χ1v) is 7.06. The predicted octanol–water partition coefficient (Wildman–Crippen LogP) is 2.80. The highest BCUT2D eigenvalue weighted by Gasteiger charge is 2.40. The van der Waals surface area contributed by atoms with Gasteiger partial charge in [-0.15, -0.1) is 0 Å². The molecular weight excluding hydrogens is 272 g/mol. The van der Waals surface area contributed by atoms with E-state index in [2.05, 4.69) is 0 Å². The Morgan fingerprint density at radius 2 is 2.00 bits per heavy atom. The Morgan fingerprint density at radius 3 is 2.48 bits per heavy atom. The molecule has 0 saturated carbocycles. The Kier molecular flexibility index (Phi) is 6.03. The van der Waals surface area contributed by atoms with Crippen LogP contribution in [0.2, 0.25) is 0 Å². The van der Waals surface area contributed by atoms with Gasteiger partial charge in [-0.1, -0.05) is 19.8 Å². The number of hydrogen-bond donors (Lipinski definition) is 2. The number of carboxylic acid groups (broad SMARTS) is 1. The molecule has 1 rings (SSSR count). The van der Waals surface area contributed by atoms with E-state index in [1.165, 1.54) is 21.1 Å². The summed E-state index contributed by atoms with van der Waals surface area (Å²) >= 11 is 0. The smallest absolute Gasteiger partial charge is 0.309 e. The third kappa shape index (κ3) is 3.88. The van der Waals surface area contributed by atoms with E-state index in [0.29, 0.717) is 23.5 Å². The molecule has 5 nitrogen and oxygen atoms in total. The predicted molar refractivity (Wildman–Crippen MR) is 79.8 cm³/mol. The average molecular weight is 296 g/mol. The minimum absolute atomic E-state index is 0.402. The number of carbonyl (C=O) groups is 1. The van der Waals surface area contributed by atoms with Gasteiger partial charge in [0.15, 0.2) is 0 Å². The van der Waals surface area contributed by atoms with E-state index in [-0.39, 0.29) is 0 Å². The van der Waals surface area contributed by atoms with Crippen molar-refractivity contribution in [1.82, 2.24) is 0 Å². The van der Waals surface area contributed by atoms with Gasteiger partial charge in [0.1, 0.15) is 17.1 Å². The summed E-state index contributed by atoms with van der Waals surface area (Å²) in [5.41, 5.74) is -1.12. The second kappa shape index (κ2) is 7.31. The fraction of sp³-hybridized carbons (Fsp3) is 0.562. The lowest BCUT2D eigenvalue weighted by Crippen LogP contribution is -2.37. The van der Waals surface area contributed by atoms with Crippen LogP contribution in [0.5, 0.6) is 11.5 Å². The van der Waals surface area contributed by atoms with Crippen molar-refractivity contribution in [3.05, 3.63) is 23.8 Å². The molecule has 0 aliphatic carbocycles. The number of rotatable bonds is 8. The molecule has 0 bridgehead atoms. The van der Waals surface area contributed by atoms with Gasteiger partial charge in [-0.25, -0.2) is 0 Å². The maximum absolute atomic E-state index is 11.5. The topological polar surface area (TPSA) is 76.0 Å². The van der Waals surface area contributed by atoms with E-state index >= 15 is 0 Å². The Morgan fingerprint density at radius 1 is 1.33 bits per heavy atom. The van der Waals surface area contributed by atoms with Crippen LogP contribution in [0, 0.1) is 5.92 Å². The molecule has 2 N–H and O–H groups in total. The number of ether oxygens (including phenoxy) is 2. The average Bonchev–Trinajstić information content (AvgIpc) is 2.46. The third-order valence-electron chi connectivity index (χ3n) is 3.77. The van der Waals surface area contributed by atoms with Crippen LogP contribution >= 0.6 is 0 Å². The van der Waals surface area contributed by atoms with Crippen LogP contribution in [0.15, 0.2) is 18.2 Å². The molecule has 1 aromatic rings. The monoisotopic (exact) mass is 296 g/mol. The maximum Gasteiger partial charge on any atom is 0.309 e. The van der Waals surface area contributed by atoms with Crippen molar-refractivity contribution in [2.75, 3.05) is 14.2 Å². The summed E-state index contributed by atoms with van der Waals surface area (Å²) < 4.78 is 10.4. The molecule has 0 aromatic heterocycles. The van der Waals surface area contributed by atoms with Gasteiger partial charge in [0, 0.05) is 5.56 Å². The molecule has 5 heteroatoms. The summed E-state index contributed by atoms with van der Waals surface area (Å²) in [5, 5.41) is 20.3. The highest BCUT2D eigenvalue weighted by Crippen LogP contribution is 2.39. The van der Waals surface area contributed by atoms with Gasteiger partial charge in [-0.2, -0.15) is 0 Å². The quantitative estimate of drug-likeness (QED) is 0.771. The number of methoxy groups -OCH3 is 2. The highest BCUT2D eigenvalue weighted by molar-refractivity contribution is 5.72.